The number of hydrogen-bond donors (Lipinski definition) is 1. The van der Waals surface area contributed by atoms with E-state index in [1.807, 2.05) is 6.92 Å². The first-order valence-electron chi connectivity index (χ1n) is 7.76. The van der Waals surface area contributed by atoms with Gasteiger partial charge in [-0.15, -0.1) is 0 Å². The maximum Gasteiger partial charge on any atom is 0.335 e. The molecule has 0 fully saturated rings. The van der Waals surface area contributed by atoms with E-state index in [1.165, 1.54) is 6.07 Å². The van der Waals surface area contributed by atoms with Gasteiger partial charge >= 0.3 is 17.9 Å². The molecular formula is C19H22O6. The number of carbonyl (C=O) groups excluding carboxylic acids is 2. The number of rotatable bonds is 9. The number of carboxylic acid groups (broad SMARTS) is 1. The van der Waals surface area contributed by atoms with Crippen LogP contribution in [0.2, 0.25) is 0 Å². The van der Waals surface area contributed by atoms with E-state index in [9.17, 15) is 19.5 Å². The van der Waals surface area contributed by atoms with Crippen LogP contribution in [0, 0.1) is 0 Å². The first-order chi connectivity index (χ1) is 11.8. The van der Waals surface area contributed by atoms with Crippen molar-refractivity contribution in [1.29, 1.82) is 0 Å². The molecule has 1 aromatic carbocycles. The molecule has 0 amide bonds. The molecule has 1 rings (SSSR count). The summed E-state index contributed by atoms with van der Waals surface area (Å²) in [5, 5.41) is 9.48. The number of aromatic carboxylic acids is 1. The fraction of sp³-hybridized carbons (Fsp3) is 0.316. The molecule has 1 N–H and O–H groups in total. The molecule has 0 aliphatic heterocycles. The number of benzene rings is 1. The largest absolute Gasteiger partial charge is 0.478 e. The molecule has 6 heteroatoms. The molecule has 0 saturated heterocycles. The van der Waals surface area contributed by atoms with Gasteiger partial charge in [0.15, 0.2) is 0 Å². The zero-order valence-corrected chi connectivity index (χ0v) is 14.4. The molecular weight excluding hydrogens is 324 g/mol. The van der Waals surface area contributed by atoms with Gasteiger partial charge in [0.25, 0.3) is 0 Å². The molecule has 2 unspecified atom stereocenters. The SMILES string of the molecule is C=CC(=O)OCC(C)c1cccc(C(=O)O)c1C(C)COC(=O)C=C. The minimum atomic E-state index is -1.07. The minimum Gasteiger partial charge on any atom is -0.478 e. The first-order valence-corrected chi connectivity index (χ1v) is 7.76. The van der Waals surface area contributed by atoms with Crippen molar-refractivity contribution < 1.29 is 29.0 Å². The summed E-state index contributed by atoms with van der Waals surface area (Å²) < 4.78 is 10.1. The molecule has 0 saturated carbocycles. The molecule has 134 valence electrons. The van der Waals surface area contributed by atoms with Crippen LogP contribution in [0.15, 0.2) is 43.5 Å². The van der Waals surface area contributed by atoms with Crippen molar-refractivity contribution in [2.45, 2.75) is 25.7 Å². The van der Waals surface area contributed by atoms with Gasteiger partial charge in [-0.2, -0.15) is 0 Å². The Balaban J connectivity index is 3.15. The Morgan fingerprint density at radius 1 is 1.04 bits per heavy atom. The van der Waals surface area contributed by atoms with Crippen LogP contribution in [0.4, 0.5) is 0 Å². The van der Waals surface area contributed by atoms with Crippen LogP contribution >= 0.6 is 0 Å². The molecule has 0 aliphatic carbocycles. The number of hydrogen-bond acceptors (Lipinski definition) is 5. The summed E-state index contributed by atoms with van der Waals surface area (Å²) in [5.74, 6) is -2.79. The topological polar surface area (TPSA) is 89.9 Å². The van der Waals surface area contributed by atoms with Gasteiger partial charge in [-0.3, -0.25) is 0 Å². The highest BCUT2D eigenvalue weighted by Gasteiger charge is 2.23. The van der Waals surface area contributed by atoms with Gasteiger partial charge in [-0.05, 0) is 17.2 Å². The zero-order chi connectivity index (χ0) is 19.0. The third-order valence-electron chi connectivity index (χ3n) is 3.68. The molecule has 0 spiro atoms. The van der Waals surface area contributed by atoms with Crippen molar-refractivity contribution in [3.63, 3.8) is 0 Å². The second-order valence-electron chi connectivity index (χ2n) is 5.58. The fourth-order valence-electron chi connectivity index (χ4n) is 2.45. The van der Waals surface area contributed by atoms with Crippen molar-refractivity contribution in [2.75, 3.05) is 13.2 Å². The molecule has 0 aliphatic rings. The Hall–Kier alpha value is -2.89. The summed E-state index contributed by atoms with van der Waals surface area (Å²) in [7, 11) is 0. The maximum absolute atomic E-state index is 11.6. The van der Waals surface area contributed by atoms with Gasteiger partial charge in [0.1, 0.15) is 0 Å². The van der Waals surface area contributed by atoms with Crippen molar-refractivity contribution in [3.8, 4) is 0 Å². The molecule has 2 atom stereocenters. The lowest BCUT2D eigenvalue weighted by molar-refractivity contribution is -0.139. The van der Waals surface area contributed by atoms with Crippen molar-refractivity contribution in [3.05, 3.63) is 60.2 Å². The second-order valence-corrected chi connectivity index (χ2v) is 5.58. The van der Waals surface area contributed by atoms with Crippen molar-refractivity contribution in [1.82, 2.24) is 0 Å². The van der Waals surface area contributed by atoms with E-state index in [0.717, 1.165) is 17.7 Å². The second kappa shape index (κ2) is 9.42. The van der Waals surface area contributed by atoms with Crippen LogP contribution in [0.3, 0.4) is 0 Å². The Morgan fingerprint density at radius 2 is 1.56 bits per heavy atom. The Labute approximate surface area is 146 Å². The maximum atomic E-state index is 11.6. The van der Waals surface area contributed by atoms with Gasteiger partial charge in [0, 0.05) is 24.0 Å². The normalized spacial score (nSPS) is 12.6. The Kier molecular flexibility index (Phi) is 7.59. The summed E-state index contributed by atoms with van der Waals surface area (Å²) in [6, 6.07) is 4.91. The third kappa shape index (κ3) is 5.60. The summed E-state index contributed by atoms with van der Waals surface area (Å²) >= 11 is 0. The van der Waals surface area contributed by atoms with E-state index in [1.54, 1.807) is 19.1 Å². The van der Waals surface area contributed by atoms with Crippen LogP contribution in [0.1, 0.15) is 47.2 Å². The summed E-state index contributed by atoms with van der Waals surface area (Å²) in [4.78, 5) is 34.1. The van der Waals surface area contributed by atoms with E-state index < -0.39 is 17.9 Å². The molecule has 0 radical (unpaired) electrons. The monoisotopic (exact) mass is 346 g/mol. The number of esters is 2. The average molecular weight is 346 g/mol. The minimum absolute atomic E-state index is 0.0152. The molecule has 1 aromatic rings. The first kappa shape index (κ1) is 20.2. The van der Waals surface area contributed by atoms with E-state index in [4.69, 9.17) is 9.47 Å². The lowest BCUT2D eigenvalue weighted by atomic mass is 9.86. The van der Waals surface area contributed by atoms with Gasteiger partial charge in [0.2, 0.25) is 0 Å². The highest BCUT2D eigenvalue weighted by atomic mass is 16.5. The van der Waals surface area contributed by atoms with Crippen molar-refractivity contribution in [2.24, 2.45) is 0 Å². The van der Waals surface area contributed by atoms with E-state index in [2.05, 4.69) is 13.2 Å². The number of carboxylic acids is 1. The van der Waals surface area contributed by atoms with Crippen LogP contribution in [-0.2, 0) is 19.1 Å². The lowest BCUT2D eigenvalue weighted by Gasteiger charge is -2.22. The third-order valence-corrected chi connectivity index (χ3v) is 3.68. The predicted molar refractivity (Wildman–Crippen MR) is 92.5 cm³/mol. The van der Waals surface area contributed by atoms with Crippen LogP contribution in [0.25, 0.3) is 0 Å². The highest BCUT2D eigenvalue weighted by molar-refractivity contribution is 5.90. The van der Waals surface area contributed by atoms with E-state index in [0.29, 0.717) is 5.56 Å². The van der Waals surface area contributed by atoms with E-state index in [-0.39, 0.29) is 30.6 Å². The molecule has 0 bridgehead atoms. The van der Waals surface area contributed by atoms with Gasteiger partial charge < -0.3 is 14.6 Å². The molecule has 0 heterocycles. The smallest absolute Gasteiger partial charge is 0.335 e. The molecule has 25 heavy (non-hydrogen) atoms. The summed E-state index contributed by atoms with van der Waals surface area (Å²) in [5.41, 5.74) is 1.40. The Morgan fingerprint density at radius 3 is 2.04 bits per heavy atom. The molecule has 0 aromatic heterocycles. The summed E-state index contributed by atoms with van der Waals surface area (Å²) in [6.45, 7) is 10.4. The lowest BCUT2D eigenvalue weighted by Crippen LogP contribution is -2.17. The van der Waals surface area contributed by atoms with Crippen LogP contribution in [0.5, 0.6) is 0 Å². The average Bonchev–Trinajstić information content (AvgIpc) is 2.62. The van der Waals surface area contributed by atoms with Crippen LogP contribution in [-0.4, -0.2) is 36.2 Å². The fourth-order valence-corrected chi connectivity index (χ4v) is 2.45. The molecule has 6 nitrogen and oxygen atoms in total. The quantitative estimate of drug-likeness (QED) is 0.546. The Bertz CT molecular complexity index is 676. The standard InChI is InChI=1S/C19H22O6/c1-5-16(20)24-10-12(3)14-8-7-9-15(19(22)23)18(14)13(4)11-25-17(21)6-2/h5-9,12-13H,1-2,10-11H2,3-4H3,(H,22,23). The summed E-state index contributed by atoms with van der Waals surface area (Å²) in [6.07, 6.45) is 2.12. The van der Waals surface area contributed by atoms with Gasteiger partial charge in [-0.25, -0.2) is 14.4 Å². The van der Waals surface area contributed by atoms with Crippen molar-refractivity contribution >= 4 is 17.9 Å². The van der Waals surface area contributed by atoms with E-state index >= 15 is 0 Å². The number of ether oxygens (including phenoxy) is 2. The van der Waals surface area contributed by atoms with Gasteiger partial charge in [-0.1, -0.05) is 39.1 Å². The zero-order valence-electron chi connectivity index (χ0n) is 14.4. The highest BCUT2D eigenvalue weighted by Crippen LogP contribution is 2.30. The van der Waals surface area contributed by atoms with Crippen LogP contribution < -0.4 is 0 Å². The predicted octanol–water partition coefficient (Wildman–Crippen LogP) is 3.05. The van der Waals surface area contributed by atoms with Gasteiger partial charge in [0.05, 0.1) is 18.8 Å². The number of carbonyl (C=O) groups is 3.